The Morgan fingerprint density at radius 1 is 0.272 bits per heavy atom. The van der Waals surface area contributed by atoms with Gasteiger partial charge in [-0.05, 0) is 106 Å². The molecule has 0 saturated heterocycles. The Morgan fingerprint density at radius 3 is 0.778 bits per heavy atom. The van der Waals surface area contributed by atoms with Crippen molar-refractivity contribution in [1.29, 1.82) is 0 Å². The molecule has 0 aliphatic carbocycles. The number of benzene rings is 9. The maximum absolute atomic E-state index is 3.49. The largest absolute Gasteiger partial charge is 2.00 e. The van der Waals surface area contributed by atoms with Gasteiger partial charge in [-0.2, -0.15) is 0 Å². The van der Waals surface area contributed by atoms with Crippen LogP contribution in [0.5, 0.6) is 0 Å². The first kappa shape index (κ1) is 55.0. The summed E-state index contributed by atoms with van der Waals surface area (Å²) in [6.45, 7) is 0. The molecule has 0 aromatic heterocycles. The van der Waals surface area contributed by atoms with Gasteiger partial charge in [0.1, 0.15) is 0 Å². The Morgan fingerprint density at radius 2 is 0.519 bits per heavy atom. The summed E-state index contributed by atoms with van der Waals surface area (Å²) in [5.74, 6) is 0. The zero-order valence-electron chi connectivity index (χ0n) is 43.9. The molecule has 9 aromatic carbocycles. The fourth-order valence-electron chi connectivity index (χ4n) is 11.0. The monoisotopic (exact) mass is 1170 g/mol. The molecule has 0 amide bonds. The van der Waals surface area contributed by atoms with Crippen molar-refractivity contribution in [3.05, 3.63) is 340 Å². The minimum Gasteiger partial charge on any atom is -1.00 e. The molecule has 394 valence electrons. The van der Waals surface area contributed by atoms with Gasteiger partial charge in [0.05, 0.1) is 34.1 Å². The van der Waals surface area contributed by atoms with Crippen LogP contribution in [0.4, 0.5) is 51.2 Å². The van der Waals surface area contributed by atoms with E-state index in [1.54, 1.807) is 0 Å². The fourth-order valence-corrected chi connectivity index (χ4v) is 11.0. The molecular formula is C72H54Cl2N6Ru. The average molecular weight is 1180 g/mol. The summed E-state index contributed by atoms with van der Waals surface area (Å²) in [6, 6.07) is 76.3. The van der Waals surface area contributed by atoms with E-state index in [2.05, 4.69) is 304 Å². The van der Waals surface area contributed by atoms with E-state index in [1.165, 1.54) is 81.8 Å². The maximum atomic E-state index is 3.49. The molecular weight excluding hydrogens is 1120 g/mol. The van der Waals surface area contributed by atoms with Gasteiger partial charge >= 0.3 is 19.5 Å². The van der Waals surface area contributed by atoms with Crippen molar-refractivity contribution in [2.45, 2.75) is 0 Å². The molecule has 0 atom stereocenters. The molecule has 6 aliphatic heterocycles. The Kier molecular flexibility index (Phi) is 17.1. The van der Waals surface area contributed by atoms with Crippen LogP contribution in [0.1, 0.15) is 16.7 Å². The summed E-state index contributed by atoms with van der Waals surface area (Å²) < 4.78 is 0. The average Bonchev–Trinajstić information content (AvgIpc) is 3.65. The Hall–Kier alpha value is -9.36. The SMILES string of the molecule is C1=CN(c2ccccc2)c2c3c(ccc2=C1)=C(c1ccccc1)C=CN3.C1=CN(c2ccccc2)c2c3c(ccc2=C1)=C(c1ccccc1)C=CN3.C1=CN(c2ccccc2)c2c3c(ccc2=C1)=C(c1ccccc1)C=CN3.[Cl-].[Cl-].[Ru+2]. The molecule has 6 nitrogen and oxygen atoms in total. The molecule has 0 spiro atoms. The predicted octanol–water partition coefficient (Wildman–Crippen LogP) is 6.82. The van der Waals surface area contributed by atoms with Gasteiger partial charge in [0.25, 0.3) is 0 Å². The summed E-state index contributed by atoms with van der Waals surface area (Å²) in [5.41, 5.74) is 17.9. The van der Waals surface area contributed by atoms with Crippen molar-refractivity contribution in [1.82, 2.24) is 0 Å². The molecule has 81 heavy (non-hydrogen) atoms. The molecule has 9 heteroatoms. The third-order valence-electron chi connectivity index (χ3n) is 14.5. The molecule has 6 aliphatic rings. The molecule has 0 unspecified atom stereocenters. The van der Waals surface area contributed by atoms with Crippen molar-refractivity contribution in [2.75, 3.05) is 30.7 Å². The predicted molar refractivity (Wildman–Crippen MR) is 329 cm³/mol. The van der Waals surface area contributed by atoms with E-state index in [1.807, 2.05) is 36.8 Å². The first-order valence-electron chi connectivity index (χ1n) is 26.4. The maximum Gasteiger partial charge on any atom is 2.00 e. The summed E-state index contributed by atoms with van der Waals surface area (Å²) in [5, 5.41) is 17.8. The van der Waals surface area contributed by atoms with Gasteiger partial charge in [0.2, 0.25) is 0 Å². The van der Waals surface area contributed by atoms with Crippen LogP contribution in [0, 0.1) is 0 Å². The van der Waals surface area contributed by atoms with Crippen LogP contribution >= 0.6 is 0 Å². The van der Waals surface area contributed by atoms with Gasteiger partial charge < -0.3 is 55.5 Å². The number of hydrogen-bond acceptors (Lipinski definition) is 6. The first-order valence-corrected chi connectivity index (χ1v) is 26.4. The minimum atomic E-state index is 0. The quantitative estimate of drug-likeness (QED) is 0.159. The van der Waals surface area contributed by atoms with E-state index in [-0.39, 0.29) is 44.3 Å². The van der Waals surface area contributed by atoms with Crippen molar-refractivity contribution >= 4 is 86.1 Å². The van der Waals surface area contributed by atoms with E-state index in [9.17, 15) is 0 Å². The van der Waals surface area contributed by atoms with E-state index >= 15 is 0 Å². The molecule has 0 radical (unpaired) electrons. The number of halogens is 2. The van der Waals surface area contributed by atoms with Gasteiger partial charge in [-0.1, -0.05) is 200 Å². The first-order chi connectivity index (χ1) is 38.7. The van der Waals surface area contributed by atoms with Crippen molar-refractivity contribution in [2.24, 2.45) is 0 Å². The third-order valence-corrected chi connectivity index (χ3v) is 14.5. The number of hydrogen-bond donors (Lipinski definition) is 3. The Labute approximate surface area is 497 Å². The molecule has 0 fully saturated rings. The molecule has 0 saturated carbocycles. The van der Waals surface area contributed by atoms with E-state index in [0.717, 1.165) is 34.1 Å². The van der Waals surface area contributed by atoms with Crippen LogP contribution in [0.25, 0.3) is 34.9 Å². The zero-order chi connectivity index (χ0) is 52.0. The topological polar surface area (TPSA) is 45.8 Å². The minimum absolute atomic E-state index is 0. The van der Waals surface area contributed by atoms with Gasteiger partial charge in [-0.25, -0.2) is 0 Å². The molecule has 3 N–H and O–H groups in total. The second-order valence-electron chi connectivity index (χ2n) is 19.2. The van der Waals surface area contributed by atoms with Crippen molar-refractivity contribution in [3.8, 4) is 0 Å². The summed E-state index contributed by atoms with van der Waals surface area (Å²) in [6.07, 6.45) is 31.7. The van der Waals surface area contributed by atoms with Gasteiger partial charge in [0.15, 0.2) is 0 Å². The molecule has 0 bridgehead atoms. The van der Waals surface area contributed by atoms with Crippen LogP contribution in [-0.2, 0) is 19.5 Å². The van der Waals surface area contributed by atoms with Crippen LogP contribution in [0.2, 0.25) is 0 Å². The van der Waals surface area contributed by atoms with Crippen LogP contribution < -0.4 is 86.8 Å². The van der Waals surface area contributed by atoms with E-state index in [4.69, 9.17) is 0 Å². The number of rotatable bonds is 6. The smallest absolute Gasteiger partial charge is 1.00 e. The molecule has 9 aromatic rings. The standard InChI is InChI=1S/3C24H18N2.2ClH.Ru/c3*1-3-8-18(9-4-1)21-15-16-25-23-22(21)14-13-19-10-7-17-26(24(19)23)20-11-5-2-6-12-20;;;/h3*1-17,25H;2*1H;/q;;;;;+2/p-2. The Bertz CT molecular complexity index is 3890. The third kappa shape index (κ3) is 11.0. The normalized spacial score (nSPS) is 13.8. The number of allylic oxidation sites excluding steroid dienone is 6. The number of anilines is 9. The van der Waals surface area contributed by atoms with Gasteiger partial charge in [-0.3, -0.25) is 0 Å². The number of fused-ring (bicyclic) bond motifs is 9. The number of para-hydroxylation sites is 3. The summed E-state index contributed by atoms with van der Waals surface area (Å²) in [7, 11) is 0. The van der Waals surface area contributed by atoms with Crippen LogP contribution in [-0.4, -0.2) is 0 Å². The second-order valence-corrected chi connectivity index (χ2v) is 19.2. The summed E-state index contributed by atoms with van der Waals surface area (Å²) >= 11 is 0. The summed E-state index contributed by atoms with van der Waals surface area (Å²) in [4.78, 5) is 6.76. The molecule has 6 heterocycles. The van der Waals surface area contributed by atoms with Crippen LogP contribution in [0.3, 0.4) is 0 Å². The second kappa shape index (κ2) is 25.2. The zero-order valence-corrected chi connectivity index (χ0v) is 47.1. The van der Waals surface area contributed by atoms with Crippen LogP contribution in [0.15, 0.2) is 292 Å². The molecule has 15 rings (SSSR count). The Balaban J connectivity index is 0.000000134. The van der Waals surface area contributed by atoms with Crippen molar-refractivity contribution < 1.29 is 44.3 Å². The van der Waals surface area contributed by atoms with E-state index < -0.39 is 0 Å². The number of nitrogens with zero attached hydrogens (tertiary/aromatic N) is 3. The van der Waals surface area contributed by atoms with Gasteiger partial charge in [0, 0.05) is 85.6 Å². The van der Waals surface area contributed by atoms with Gasteiger partial charge in [-0.15, -0.1) is 0 Å². The fraction of sp³-hybridized carbons (Fsp3) is 0. The number of nitrogens with one attached hydrogen (secondary N) is 3. The van der Waals surface area contributed by atoms with E-state index in [0.29, 0.717) is 0 Å². The van der Waals surface area contributed by atoms with Crippen molar-refractivity contribution in [3.63, 3.8) is 0 Å².